The molecule has 4 aromatic rings. The standard InChI is InChI=1S/C26H16/c1(3-9-21-15-17-23-11-5-7-13-25(23)19-21)2-4-10-22-16-18-24-12-6-8-14-26(24)20-22/h1-2,5-8,11-20H/b2-1-. The van der Waals surface area contributed by atoms with Crippen molar-refractivity contribution in [1.29, 1.82) is 0 Å². The maximum atomic E-state index is 3.16. The average molecular weight is 328 g/mol. The summed E-state index contributed by atoms with van der Waals surface area (Å²) in [6, 6.07) is 29.1. The molecule has 0 unspecified atom stereocenters. The normalized spacial score (nSPS) is 10.3. The highest BCUT2D eigenvalue weighted by molar-refractivity contribution is 5.84. The molecule has 0 saturated carbocycles. The molecule has 0 atom stereocenters. The third-order valence-corrected chi connectivity index (χ3v) is 4.18. The third-order valence-electron chi connectivity index (χ3n) is 4.18. The molecule has 0 amide bonds. The smallest absolute Gasteiger partial charge is 0.0255 e. The second kappa shape index (κ2) is 7.43. The Morgan fingerprint density at radius 1 is 0.462 bits per heavy atom. The van der Waals surface area contributed by atoms with E-state index >= 15 is 0 Å². The third kappa shape index (κ3) is 3.67. The number of hydrogen-bond donors (Lipinski definition) is 0. The second-order valence-corrected chi connectivity index (χ2v) is 6.00. The molecule has 0 nitrogen and oxygen atoms in total. The van der Waals surface area contributed by atoms with E-state index in [0.29, 0.717) is 0 Å². The second-order valence-electron chi connectivity index (χ2n) is 6.00. The number of fused-ring (bicyclic) bond motifs is 2. The fourth-order valence-corrected chi connectivity index (χ4v) is 2.87. The maximum Gasteiger partial charge on any atom is 0.0255 e. The molecule has 0 aromatic heterocycles. The van der Waals surface area contributed by atoms with Gasteiger partial charge in [0.1, 0.15) is 0 Å². The Morgan fingerprint density at radius 2 is 0.885 bits per heavy atom. The van der Waals surface area contributed by atoms with Gasteiger partial charge in [-0.3, -0.25) is 0 Å². The van der Waals surface area contributed by atoms with Gasteiger partial charge in [-0.2, -0.15) is 0 Å². The van der Waals surface area contributed by atoms with Gasteiger partial charge >= 0.3 is 0 Å². The number of allylic oxidation sites excluding steroid dienone is 2. The van der Waals surface area contributed by atoms with Crippen LogP contribution in [0.25, 0.3) is 21.5 Å². The van der Waals surface area contributed by atoms with Crippen LogP contribution in [0.2, 0.25) is 0 Å². The fraction of sp³-hybridized carbons (Fsp3) is 0. The van der Waals surface area contributed by atoms with Gasteiger partial charge in [-0.15, -0.1) is 0 Å². The monoisotopic (exact) mass is 328 g/mol. The average Bonchev–Trinajstić information content (AvgIpc) is 2.70. The summed E-state index contributed by atoms with van der Waals surface area (Å²) < 4.78 is 0. The molecule has 0 aliphatic rings. The lowest BCUT2D eigenvalue weighted by Crippen LogP contribution is -1.76. The summed E-state index contributed by atoms with van der Waals surface area (Å²) >= 11 is 0. The zero-order chi connectivity index (χ0) is 17.6. The van der Waals surface area contributed by atoms with Gasteiger partial charge in [0, 0.05) is 11.1 Å². The number of rotatable bonds is 0. The Bertz CT molecular complexity index is 1140. The van der Waals surface area contributed by atoms with Gasteiger partial charge in [-0.1, -0.05) is 84.3 Å². The molecule has 0 saturated heterocycles. The van der Waals surface area contributed by atoms with Crippen LogP contribution < -0.4 is 0 Å². The van der Waals surface area contributed by atoms with Crippen molar-refractivity contribution in [3.05, 3.63) is 108 Å². The molecule has 4 rings (SSSR count). The highest BCUT2D eigenvalue weighted by atomic mass is 14.0. The Hall–Kier alpha value is -3.74. The number of hydrogen-bond acceptors (Lipinski definition) is 0. The molecule has 0 bridgehead atoms. The van der Waals surface area contributed by atoms with Gasteiger partial charge in [-0.05, 0) is 58.0 Å². The zero-order valence-electron chi connectivity index (χ0n) is 14.2. The largest absolute Gasteiger partial charge is 0.0689 e. The van der Waals surface area contributed by atoms with Gasteiger partial charge in [-0.25, -0.2) is 0 Å². The van der Waals surface area contributed by atoms with Gasteiger partial charge in [0.2, 0.25) is 0 Å². The first-order chi connectivity index (χ1) is 12.9. The van der Waals surface area contributed by atoms with Crippen molar-refractivity contribution in [1.82, 2.24) is 0 Å². The molecular formula is C26H16. The minimum absolute atomic E-state index is 1.01. The van der Waals surface area contributed by atoms with Crippen LogP contribution in [-0.4, -0.2) is 0 Å². The summed E-state index contributed by atoms with van der Waals surface area (Å²) in [5, 5.41) is 4.88. The Balaban J connectivity index is 1.47. The van der Waals surface area contributed by atoms with Crippen LogP contribution in [0, 0.1) is 23.7 Å². The summed E-state index contributed by atoms with van der Waals surface area (Å²) in [4.78, 5) is 0. The molecule has 0 heteroatoms. The topological polar surface area (TPSA) is 0 Å². The van der Waals surface area contributed by atoms with E-state index in [1.807, 2.05) is 36.4 Å². The molecule has 0 aliphatic carbocycles. The highest BCUT2D eigenvalue weighted by Crippen LogP contribution is 2.15. The van der Waals surface area contributed by atoms with Crippen LogP contribution >= 0.6 is 0 Å². The fourth-order valence-electron chi connectivity index (χ4n) is 2.87. The number of benzene rings is 4. The van der Waals surface area contributed by atoms with Crippen molar-refractivity contribution < 1.29 is 0 Å². The molecular weight excluding hydrogens is 312 g/mol. The molecule has 120 valence electrons. The lowest BCUT2D eigenvalue weighted by Gasteiger charge is -1.96. The molecule has 0 heterocycles. The molecule has 0 radical (unpaired) electrons. The summed E-state index contributed by atoms with van der Waals surface area (Å²) in [7, 11) is 0. The zero-order valence-corrected chi connectivity index (χ0v) is 14.2. The predicted molar refractivity (Wildman–Crippen MR) is 111 cm³/mol. The van der Waals surface area contributed by atoms with E-state index in [1.54, 1.807) is 12.2 Å². The quantitative estimate of drug-likeness (QED) is 0.350. The van der Waals surface area contributed by atoms with Crippen molar-refractivity contribution >= 4 is 21.5 Å². The van der Waals surface area contributed by atoms with Crippen molar-refractivity contribution in [2.75, 3.05) is 0 Å². The van der Waals surface area contributed by atoms with Crippen LogP contribution in [0.5, 0.6) is 0 Å². The minimum atomic E-state index is 1.01. The van der Waals surface area contributed by atoms with Crippen molar-refractivity contribution in [3.63, 3.8) is 0 Å². The maximum absolute atomic E-state index is 3.16. The molecule has 0 aliphatic heterocycles. The molecule has 0 N–H and O–H groups in total. The summed E-state index contributed by atoms with van der Waals surface area (Å²) in [6.45, 7) is 0. The van der Waals surface area contributed by atoms with Crippen LogP contribution in [0.15, 0.2) is 97.1 Å². The Kier molecular flexibility index (Phi) is 4.51. The summed E-state index contributed by atoms with van der Waals surface area (Å²) in [5.74, 6) is 12.4. The van der Waals surface area contributed by atoms with E-state index in [4.69, 9.17) is 0 Å². The van der Waals surface area contributed by atoms with E-state index in [1.165, 1.54) is 21.5 Å². The minimum Gasteiger partial charge on any atom is -0.0689 e. The molecule has 26 heavy (non-hydrogen) atoms. The van der Waals surface area contributed by atoms with E-state index in [-0.39, 0.29) is 0 Å². The SMILES string of the molecule is C(#Cc1ccc2ccccc2c1)/C=C\C#Cc1ccc2ccccc2c1. The van der Waals surface area contributed by atoms with E-state index in [2.05, 4.69) is 72.2 Å². The van der Waals surface area contributed by atoms with E-state index < -0.39 is 0 Å². The van der Waals surface area contributed by atoms with Crippen LogP contribution in [0.1, 0.15) is 11.1 Å². The van der Waals surface area contributed by atoms with Crippen LogP contribution in [-0.2, 0) is 0 Å². The molecule has 4 aromatic carbocycles. The van der Waals surface area contributed by atoms with Crippen LogP contribution in [0.3, 0.4) is 0 Å². The van der Waals surface area contributed by atoms with Gasteiger partial charge in [0.15, 0.2) is 0 Å². The summed E-state index contributed by atoms with van der Waals surface area (Å²) in [6.07, 6.45) is 3.59. The molecule has 0 fully saturated rings. The van der Waals surface area contributed by atoms with E-state index in [0.717, 1.165) is 11.1 Å². The van der Waals surface area contributed by atoms with Crippen molar-refractivity contribution in [3.8, 4) is 23.7 Å². The van der Waals surface area contributed by atoms with Crippen molar-refractivity contribution in [2.45, 2.75) is 0 Å². The Morgan fingerprint density at radius 3 is 1.35 bits per heavy atom. The molecule has 0 spiro atoms. The first-order valence-corrected chi connectivity index (χ1v) is 8.54. The predicted octanol–water partition coefficient (Wildman–Crippen LogP) is 5.95. The van der Waals surface area contributed by atoms with Crippen LogP contribution in [0.4, 0.5) is 0 Å². The van der Waals surface area contributed by atoms with Crippen molar-refractivity contribution in [2.24, 2.45) is 0 Å². The first-order valence-electron chi connectivity index (χ1n) is 8.54. The lowest BCUT2D eigenvalue weighted by molar-refractivity contribution is 1.69. The highest BCUT2D eigenvalue weighted by Gasteiger charge is 1.93. The summed E-state index contributed by atoms with van der Waals surface area (Å²) in [5.41, 5.74) is 2.02. The van der Waals surface area contributed by atoms with Gasteiger partial charge in [0.05, 0.1) is 0 Å². The lowest BCUT2D eigenvalue weighted by atomic mass is 10.1. The van der Waals surface area contributed by atoms with E-state index in [9.17, 15) is 0 Å². The van der Waals surface area contributed by atoms with Gasteiger partial charge < -0.3 is 0 Å². The Labute approximate surface area is 153 Å². The first kappa shape index (κ1) is 15.8. The van der Waals surface area contributed by atoms with Gasteiger partial charge in [0.25, 0.3) is 0 Å².